The van der Waals surface area contributed by atoms with Crippen LogP contribution < -0.4 is 11.1 Å². The molecule has 3 amide bonds. The second kappa shape index (κ2) is 7.10. The van der Waals surface area contributed by atoms with E-state index < -0.39 is 29.3 Å². The number of hydrogen-bond donors (Lipinski definition) is 3. The van der Waals surface area contributed by atoms with E-state index in [4.69, 9.17) is 5.73 Å². The molecule has 3 rings (SSSR count). The lowest BCUT2D eigenvalue weighted by molar-refractivity contribution is -0.152. The molecule has 2 aliphatic heterocycles. The van der Waals surface area contributed by atoms with Crippen molar-refractivity contribution in [2.45, 2.75) is 32.7 Å². The summed E-state index contributed by atoms with van der Waals surface area (Å²) in [5.74, 6) is -2.91. The van der Waals surface area contributed by atoms with Crippen LogP contribution in [0.15, 0.2) is 0 Å². The maximum absolute atomic E-state index is 12.9. The zero-order valence-corrected chi connectivity index (χ0v) is 15.8. The number of primary amides is 1. The number of nitrogens with one attached hydrogen (secondary N) is 1. The van der Waals surface area contributed by atoms with Crippen molar-refractivity contribution >= 4 is 23.7 Å². The molecule has 0 radical (unpaired) electrons. The maximum atomic E-state index is 12.9. The zero-order chi connectivity index (χ0) is 19.9. The molecular weight excluding hydrogens is 352 g/mol. The molecule has 0 aromatic heterocycles. The molecule has 1 aliphatic carbocycles. The highest BCUT2D eigenvalue weighted by Crippen LogP contribution is 2.58. The first-order valence-electron chi connectivity index (χ1n) is 9.49. The van der Waals surface area contributed by atoms with Gasteiger partial charge in [-0.15, -0.1) is 0 Å². The molecule has 0 bridgehead atoms. The number of nitrogens with zero attached hydrogens (tertiary/aromatic N) is 2. The zero-order valence-electron chi connectivity index (χ0n) is 15.8. The fourth-order valence-electron chi connectivity index (χ4n) is 4.45. The summed E-state index contributed by atoms with van der Waals surface area (Å²) in [6, 6.07) is -0.811. The van der Waals surface area contributed by atoms with Gasteiger partial charge in [-0.05, 0) is 18.3 Å². The van der Waals surface area contributed by atoms with Gasteiger partial charge in [0.1, 0.15) is 6.04 Å². The quantitative estimate of drug-likeness (QED) is 0.565. The Bertz CT molecular complexity index is 658. The summed E-state index contributed by atoms with van der Waals surface area (Å²) in [4.78, 5) is 51.6. The second-order valence-corrected chi connectivity index (χ2v) is 8.33. The van der Waals surface area contributed by atoms with E-state index in [1.165, 1.54) is 0 Å². The van der Waals surface area contributed by atoms with E-state index in [0.717, 1.165) is 0 Å². The minimum atomic E-state index is -1.04. The Morgan fingerprint density at radius 2 is 1.67 bits per heavy atom. The minimum absolute atomic E-state index is 0.0643. The van der Waals surface area contributed by atoms with E-state index in [2.05, 4.69) is 5.32 Å². The van der Waals surface area contributed by atoms with Crippen molar-refractivity contribution in [2.24, 2.45) is 28.9 Å². The molecule has 4 N–H and O–H groups in total. The van der Waals surface area contributed by atoms with Crippen LogP contribution in [0.1, 0.15) is 26.7 Å². The topological polar surface area (TPSA) is 133 Å². The van der Waals surface area contributed by atoms with Crippen LogP contribution >= 0.6 is 0 Å². The number of aliphatic carboxylic acids is 1. The van der Waals surface area contributed by atoms with Gasteiger partial charge in [0.05, 0.1) is 5.92 Å². The fourth-order valence-corrected chi connectivity index (χ4v) is 4.45. The summed E-state index contributed by atoms with van der Waals surface area (Å²) in [6.07, 6.45) is 0.862. The van der Waals surface area contributed by atoms with Gasteiger partial charge < -0.3 is 26.0 Å². The first-order chi connectivity index (χ1) is 12.7. The standard InChI is InChI=1S/C18H28N4O5/c1-10(2)15(24)21-3-5-22(6-4-21)16(25)13-11(17(26)27)7-18(9-20-13)8-12(18)14(19)23/h10-13,20H,3-9H2,1-2H3,(H2,19,23)(H,26,27). The van der Waals surface area contributed by atoms with Crippen molar-refractivity contribution in [3.63, 3.8) is 0 Å². The molecule has 9 heteroatoms. The van der Waals surface area contributed by atoms with Gasteiger partial charge >= 0.3 is 5.97 Å². The fraction of sp³-hybridized carbons (Fsp3) is 0.778. The number of amides is 3. The van der Waals surface area contributed by atoms with Gasteiger partial charge in [-0.2, -0.15) is 0 Å². The number of hydrogen-bond acceptors (Lipinski definition) is 5. The second-order valence-electron chi connectivity index (χ2n) is 8.33. The van der Waals surface area contributed by atoms with Crippen molar-refractivity contribution in [1.29, 1.82) is 0 Å². The number of piperazine rings is 1. The van der Waals surface area contributed by atoms with E-state index >= 15 is 0 Å². The van der Waals surface area contributed by atoms with Gasteiger partial charge in [0.25, 0.3) is 0 Å². The van der Waals surface area contributed by atoms with Gasteiger partial charge in [-0.25, -0.2) is 0 Å². The molecule has 1 spiro atoms. The molecule has 2 heterocycles. The van der Waals surface area contributed by atoms with Crippen LogP contribution in [0, 0.1) is 23.2 Å². The smallest absolute Gasteiger partial charge is 0.308 e. The van der Waals surface area contributed by atoms with E-state index in [9.17, 15) is 24.3 Å². The van der Waals surface area contributed by atoms with Gasteiger partial charge in [-0.1, -0.05) is 13.8 Å². The van der Waals surface area contributed by atoms with Gasteiger partial charge in [-0.3, -0.25) is 19.2 Å². The number of carbonyl (C=O) groups is 4. The van der Waals surface area contributed by atoms with Crippen LogP contribution in [-0.4, -0.2) is 77.4 Å². The molecule has 2 saturated heterocycles. The third-order valence-corrected chi connectivity index (χ3v) is 6.22. The highest BCUT2D eigenvalue weighted by molar-refractivity contribution is 5.89. The average molecular weight is 380 g/mol. The highest BCUT2D eigenvalue weighted by Gasteiger charge is 2.62. The molecule has 4 atom stereocenters. The van der Waals surface area contributed by atoms with Crippen molar-refractivity contribution in [3.05, 3.63) is 0 Å². The monoisotopic (exact) mass is 380 g/mol. The van der Waals surface area contributed by atoms with Crippen LogP contribution in [0.25, 0.3) is 0 Å². The van der Waals surface area contributed by atoms with Crippen LogP contribution in [0.2, 0.25) is 0 Å². The number of carboxylic acid groups (broad SMARTS) is 1. The van der Waals surface area contributed by atoms with E-state index in [1.54, 1.807) is 9.80 Å². The number of carboxylic acids is 1. The molecule has 1 saturated carbocycles. The van der Waals surface area contributed by atoms with E-state index in [-0.39, 0.29) is 30.1 Å². The van der Waals surface area contributed by atoms with Crippen LogP contribution in [-0.2, 0) is 19.2 Å². The van der Waals surface area contributed by atoms with Gasteiger partial charge in [0.2, 0.25) is 17.7 Å². The van der Waals surface area contributed by atoms with Crippen LogP contribution in [0.3, 0.4) is 0 Å². The lowest BCUT2D eigenvalue weighted by Gasteiger charge is -2.40. The Morgan fingerprint density at radius 3 is 2.15 bits per heavy atom. The first-order valence-corrected chi connectivity index (χ1v) is 9.49. The van der Waals surface area contributed by atoms with Crippen molar-refractivity contribution in [1.82, 2.24) is 15.1 Å². The largest absolute Gasteiger partial charge is 0.481 e. The van der Waals surface area contributed by atoms with Gasteiger partial charge in [0, 0.05) is 44.6 Å². The highest BCUT2D eigenvalue weighted by atomic mass is 16.4. The average Bonchev–Trinajstić information content (AvgIpc) is 3.34. The lowest BCUT2D eigenvalue weighted by atomic mass is 9.80. The Balaban J connectivity index is 1.62. The normalized spacial score (nSPS) is 33.2. The maximum Gasteiger partial charge on any atom is 0.308 e. The molecule has 4 unspecified atom stereocenters. The molecule has 150 valence electrons. The number of piperidine rings is 1. The van der Waals surface area contributed by atoms with Gasteiger partial charge in [0.15, 0.2) is 0 Å². The number of carbonyl (C=O) groups excluding carboxylic acids is 3. The summed E-state index contributed by atoms with van der Waals surface area (Å²) in [5.41, 5.74) is 4.95. The SMILES string of the molecule is CC(C)C(=O)N1CCN(C(=O)C2NCC3(CC2C(=O)O)CC3C(N)=O)CC1. The molecule has 0 aromatic carbocycles. The Morgan fingerprint density at radius 1 is 1.07 bits per heavy atom. The van der Waals surface area contributed by atoms with Crippen molar-refractivity contribution < 1.29 is 24.3 Å². The third kappa shape index (κ3) is 3.65. The van der Waals surface area contributed by atoms with E-state index in [0.29, 0.717) is 39.1 Å². The molecular formula is C18H28N4O5. The molecule has 3 fully saturated rings. The predicted molar refractivity (Wildman–Crippen MR) is 95.3 cm³/mol. The molecule has 27 heavy (non-hydrogen) atoms. The number of rotatable bonds is 4. The summed E-state index contributed by atoms with van der Waals surface area (Å²) in [5, 5.41) is 12.7. The summed E-state index contributed by atoms with van der Waals surface area (Å²) < 4.78 is 0. The van der Waals surface area contributed by atoms with Crippen LogP contribution in [0.4, 0.5) is 0 Å². The Kier molecular flexibility index (Phi) is 5.16. The summed E-state index contributed by atoms with van der Waals surface area (Å²) >= 11 is 0. The minimum Gasteiger partial charge on any atom is -0.481 e. The van der Waals surface area contributed by atoms with E-state index in [1.807, 2.05) is 13.8 Å². The lowest BCUT2D eigenvalue weighted by Crippen LogP contribution is -2.61. The van der Waals surface area contributed by atoms with Crippen molar-refractivity contribution in [3.8, 4) is 0 Å². The number of nitrogens with two attached hydrogens (primary N) is 1. The molecule has 0 aromatic rings. The van der Waals surface area contributed by atoms with Crippen LogP contribution in [0.5, 0.6) is 0 Å². The Hall–Kier alpha value is -2.16. The molecule has 3 aliphatic rings. The predicted octanol–water partition coefficient (Wildman–Crippen LogP) is -1.13. The molecule has 9 nitrogen and oxygen atoms in total. The van der Waals surface area contributed by atoms with Crippen molar-refractivity contribution in [2.75, 3.05) is 32.7 Å². The third-order valence-electron chi connectivity index (χ3n) is 6.22. The summed E-state index contributed by atoms with van der Waals surface area (Å²) in [7, 11) is 0. The Labute approximate surface area is 158 Å². The summed E-state index contributed by atoms with van der Waals surface area (Å²) in [6.45, 7) is 5.83. The first kappa shape index (κ1) is 19.6.